The maximum atomic E-state index is 12.6. The number of rotatable bonds is 8. The normalized spacial score (nSPS) is 25.8. The molecule has 1 rings (SSSR count). The zero-order valence-electron chi connectivity index (χ0n) is 12.7. The van der Waals surface area contributed by atoms with Gasteiger partial charge in [-0.3, -0.25) is 18.4 Å². The highest BCUT2D eigenvalue weighted by Gasteiger charge is 2.69. The molecule has 0 aromatic heterocycles. The molecule has 0 saturated heterocycles. The Morgan fingerprint density at radius 2 is 1.73 bits per heavy atom. The number of phosphoric ester groups is 1. The molecule has 0 heterocycles. The van der Waals surface area contributed by atoms with E-state index in [0.717, 1.165) is 0 Å². The summed E-state index contributed by atoms with van der Waals surface area (Å²) in [5.74, 6) is -1.90. The van der Waals surface area contributed by atoms with Gasteiger partial charge in [-0.2, -0.15) is 0 Å². The molecule has 130 valence electrons. The zero-order valence-corrected chi connectivity index (χ0v) is 18.4. The second-order valence-corrected chi connectivity index (χ2v) is 14.1. The Hall–Kier alpha value is 1.02. The molecule has 10 heteroatoms. The van der Waals surface area contributed by atoms with Crippen LogP contribution in [0.3, 0.4) is 0 Å². The molecular weight excluding hydrogens is 511 g/mol. The number of hydrogen-bond acceptors (Lipinski definition) is 5. The third-order valence-electron chi connectivity index (χ3n) is 3.64. The van der Waals surface area contributed by atoms with Crippen LogP contribution in [0.25, 0.3) is 0 Å². The number of aliphatic carboxylic acids is 1. The molecule has 6 nitrogen and oxygen atoms in total. The first-order valence-corrected chi connectivity index (χ1v) is 10.6. The molecular formula is C12H20Br3O6P. The maximum Gasteiger partial charge on any atom is 0.475 e. The summed E-state index contributed by atoms with van der Waals surface area (Å²) in [6, 6.07) is 0. The molecule has 0 aliphatic heterocycles. The fourth-order valence-electron chi connectivity index (χ4n) is 2.60. The van der Waals surface area contributed by atoms with Gasteiger partial charge in [-0.05, 0) is 19.3 Å². The van der Waals surface area contributed by atoms with E-state index in [9.17, 15) is 14.5 Å². The van der Waals surface area contributed by atoms with Crippen molar-refractivity contribution in [1.82, 2.24) is 0 Å². The quantitative estimate of drug-likeness (QED) is 0.360. The first kappa shape index (κ1) is 21.1. The second-order valence-electron chi connectivity index (χ2n) is 5.51. The minimum atomic E-state index is -3.78. The first-order valence-electron chi connectivity index (χ1n) is 6.77. The van der Waals surface area contributed by atoms with E-state index >= 15 is 0 Å². The van der Waals surface area contributed by atoms with Gasteiger partial charge in [0, 0.05) is 5.92 Å². The molecule has 1 aliphatic rings. The largest absolute Gasteiger partial charge is 0.481 e. The summed E-state index contributed by atoms with van der Waals surface area (Å²) < 4.78 is 27.6. The second kappa shape index (κ2) is 7.50. The number of alkyl halides is 3. The Labute approximate surface area is 155 Å². The SMILES string of the molecule is CCOP(=O)(OCC)OC(C1C(C(=O)O)C1(C)C)C(Br)(Br)Br. The lowest BCUT2D eigenvalue weighted by Gasteiger charge is -2.30. The number of carbonyl (C=O) groups is 1. The summed E-state index contributed by atoms with van der Waals surface area (Å²) in [4.78, 5) is 11.4. The molecule has 0 spiro atoms. The van der Waals surface area contributed by atoms with Crippen LogP contribution in [-0.4, -0.2) is 32.5 Å². The van der Waals surface area contributed by atoms with Crippen molar-refractivity contribution in [2.24, 2.45) is 17.3 Å². The Morgan fingerprint density at radius 1 is 1.27 bits per heavy atom. The molecule has 1 N–H and O–H groups in total. The minimum Gasteiger partial charge on any atom is -0.481 e. The van der Waals surface area contributed by atoms with Crippen LogP contribution < -0.4 is 0 Å². The third-order valence-corrected chi connectivity index (χ3v) is 6.63. The Kier molecular flexibility index (Phi) is 7.18. The number of halogens is 3. The van der Waals surface area contributed by atoms with Crippen LogP contribution in [0.4, 0.5) is 0 Å². The van der Waals surface area contributed by atoms with E-state index in [4.69, 9.17) is 13.6 Å². The van der Waals surface area contributed by atoms with Gasteiger partial charge in [0.15, 0.2) is 2.14 Å². The summed E-state index contributed by atoms with van der Waals surface area (Å²) in [5, 5.41) is 9.35. The van der Waals surface area contributed by atoms with Gasteiger partial charge in [0.25, 0.3) is 0 Å². The lowest BCUT2D eigenvalue weighted by molar-refractivity contribution is -0.139. The third kappa shape index (κ3) is 4.77. The van der Waals surface area contributed by atoms with E-state index in [1.54, 1.807) is 13.8 Å². The number of hydrogen-bond donors (Lipinski definition) is 1. The number of carboxylic acid groups (broad SMARTS) is 1. The molecule has 0 bridgehead atoms. The van der Waals surface area contributed by atoms with Crippen molar-refractivity contribution in [3.8, 4) is 0 Å². The first-order chi connectivity index (χ1) is 9.90. The van der Waals surface area contributed by atoms with Crippen LogP contribution in [-0.2, 0) is 22.9 Å². The van der Waals surface area contributed by atoms with Gasteiger partial charge < -0.3 is 5.11 Å². The summed E-state index contributed by atoms with van der Waals surface area (Å²) in [7, 11) is -3.78. The molecule has 0 amide bonds. The van der Waals surface area contributed by atoms with Crippen LogP contribution in [0.2, 0.25) is 0 Å². The lowest BCUT2D eigenvalue weighted by atomic mass is 10.1. The van der Waals surface area contributed by atoms with Crippen LogP contribution in [0.1, 0.15) is 27.7 Å². The fourth-order valence-corrected chi connectivity index (χ4v) is 5.56. The molecule has 0 aromatic carbocycles. The van der Waals surface area contributed by atoms with Crippen LogP contribution in [0.5, 0.6) is 0 Å². The molecule has 1 saturated carbocycles. The minimum absolute atomic E-state index is 0.153. The smallest absolute Gasteiger partial charge is 0.475 e. The van der Waals surface area contributed by atoms with E-state index in [-0.39, 0.29) is 19.1 Å². The maximum absolute atomic E-state index is 12.6. The molecule has 22 heavy (non-hydrogen) atoms. The van der Waals surface area contributed by atoms with Crippen molar-refractivity contribution in [3.05, 3.63) is 0 Å². The Balaban J connectivity index is 3.06. The molecule has 1 aliphatic carbocycles. The average Bonchev–Trinajstić information content (AvgIpc) is 2.88. The van der Waals surface area contributed by atoms with Crippen molar-refractivity contribution in [2.45, 2.75) is 35.9 Å². The van der Waals surface area contributed by atoms with Gasteiger partial charge >= 0.3 is 13.8 Å². The average molecular weight is 531 g/mol. The molecule has 3 unspecified atom stereocenters. The molecule has 1 fully saturated rings. The predicted octanol–water partition coefficient (Wildman–Crippen LogP) is 4.75. The van der Waals surface area contributed by atoms with Crippen LogP contribution >= 0.6 is 55.6 Å². The molecule has 0 aromatic rings. The highest BCUT2D eigenvalue weighted by molar-refractivity contribution is 9.39. The van der Waals surface area contributed by atoms with Crippen LogP contribution in [0.15, 0.2) is 0 Å². The number of carboxylic acids is 1. The summed E-state index contributed by atoms with van der Waals surface area (Å²) in [5.41, 5.74) is -0.500. The van der Waals surface area contributed by atoms with Crippen molar-refractivity contribution in [3.63, 3.8) is 0 Å². The van der Waals surface area contributed by atoms with Gasteiger partial charge in [-0.1, -0.05) is 61.6 Å². The van der Waals surface area contributed by atoms with E-state index < -0.39 is 33.4 Å². The monoisotopic (exact) mass is 528 g/mol. The van der Waals surface area contributed by atoms with Crippen molar-refractivity contribution in [1.29, 1.82) is 0 Å². The summed E-state index contributed by atoms with van der Waals surface area (Å²) in [6.07, 6.45) is -0.785. The predicted molar refractivity (Wildman–Crippen MR) is 93.6 cm³/mol. The summed E-state index contributed by atoms with van der Waals surface area (Å²) in [6.45, 7) is 7.32. The zero-order chi connectivity index (χ0) is 17.3. The standard InChI is InChI=1S/C12H20Br3O6P/c1-5-19-22(18,20-6-2)21-9(12(13,14)15)7-8(10(16)17)11(7,3)4/h7-9H,5-6H2,1-4H3,(H,16,17). The van der Waals surface area contributed by atoms with E-state index in [2.05, 4.69) is 47.8 Å². The lowest BCUT2D eigenvalue weighted by Crippen LogP contribution is -2.32. The molecule has 0 radical (unpaired) electrons. The molecule has 3 atom stereocenters. The topological polar surface area (TPSA) is 82.1 Å². The van der Waals surface area contributed by atoms with E-state index in [1.165, 1.54) is 0 Å². The van der Waals surface area contributed by atoms with E-state index in [1.807, 2.05) is 13.8 Å². The van der Waals surface area contributed by atoms with Crippen LogP contribution in [0, 0.1) is 17.3 Å². The number of phosphoric acid groups is 1. The van der Waals surface area contributed by atoms with Crippen molar-refractivity contribution < 1.29 is 28.0 Å². The summed E-state index contributed by atoms with van der Waals surface area (Å²) >= 11 is 10.1. The highest BCUT2D eigenvalue weighted by Crippen LogP contribution is 2.67. The van der Waals surface area contributed by atoms with Gasteiger partial charge in [0.2, 0.25) is 0 Å². The highest BCUT2D eigenvalue weighted by atomic mass is 80.0. The Morgan fingerprint density at radius 3 is 2.00 bits per heavy atom. The Bertz CT molecular complexity index is 454. The fraction of sp³-hybridized carbons (Fsp3) is 0.917. The van der Waals surface area contributed by atoms with Gasteiger partial charge in [0.1, 0.15) is 6.10 Å². The van der Waals surface area contributed by atoms with Crippen molar-refractivity contribution >= 4 is 61.6 Å². The van der Waals surface area contributed by atoms with Crippen molar-refractivity contribution in [2.75, 3.05) is 13.2 Å². The van der Waals surface area contributed by atoms with Gasteiger partial charge in [-0.25, -0.2) is 4.57 Å². The van der Waals surface area contributed by atoms with Gasteiger partial charge in [0.05, 0.1) is 19.1 Å². The van der Waals surface area contributed by atoms with E-state index in [0.29, 0.717) is 0 Å². The van der Waals surface area contributed by atoms with Gasteiger partial charge in [-0.15, -0.1) is 0 Å².